The molecule has 1 saturated carbocycles. The van der Waals surface area contributed by atoms with Crippen LogP contribution in [0.2, 0.25) is 0 Å². The van der Waals surface area contributed by atoms with E-state index in [9.17, 15) is 10.1 Å². The Hall–Kier alpha value is -1.33. The minimum atomic E-state index is -0.409. The summed E-state index contributed by atoms with van der Waals surface area (Å²) in [6.07, 6.45) is 0.408. The minimum Gasteiger partial charge on any atom is -0.487 e. The van der Waals surface area contributed by atoms with E-state index in [1.165, 1.54) is 6.07 Å². The lowest BCUT2D eigenvalue weighted by atomic mass is 9.91. The van der Waals surface area contributed by atoms with Crippen molar-refractivity contribution in [3.8, 4) is 5.75 Å². The van der Waals surface area contributed by atoms with Crippen molar-refractivity contribution >= 4 is 17.3 Å². The first-order valence-corrected chi connectivity index (χ1v) is 6.64. The zero-order valence-corrected chi connectivity index (χ0v) is 11.6. The van der Waals surface area contributed by atoms with Crippen LogP contribution in [0.4, 0.5) is 5.69 Å². The maximum absolute atomic E-state index is 10.9. The molecule has 6 heteroatoms. The molecule has 1 aliphatic carbocycles. The highest BCUT2D eigenvalue weighted by Gasteiger charge is 2.42. The summed E-state index contributed by atoms with van der Waals surface area (Å²) in [4.78, 5) is 10.5. The number of hydrogen-bond acceptors (Lipinski definition) is 4. The van der Waals surface area contributed by atoms with Gasteiger partial charge in [-0.1, -0.05) is 0 Å². The van der Waals surface area contributed by atoms with Crippen LogP contribution in [-0.4, -0.2) is 29.1 Å². The topological polar surface area (TPSA) is 61.6 Å². The van der Waals surface area contributed by atoms with Gasteiger partial charge in [0.1, 0.15) is 18.0 Å². The molecule has 0 aromatic heterocycles. The Morgan fingerprint density at radius 2 is 2.26 bits per heavy atom. The number of nitro benzene ring substituents is 1. The second kappa shape index (κ2) is 5.75. The normalized spacial score (nSPS) is 25.7. The van der Waals surface area contributed by atoms with Gasteiger partial charge in [-0.15, -0.1) is 11.6 Å². The second-order valence-electron chi connectivity index (χ2n) is 4.53. The fourth-order valence-corrected chi connectivity index (χ4v) is 2.49. The predicted octanol–water partition coefficient (Wildman–Crippen LogP) is 3.07. The van der Waals surface area contributed by atoms with Gasteiger partial charge >= 0.3 is 0 Å². The zero-order chi connectivity index (χ0) is 14.0. The van der Waals surface area contributed by atoms with E-state index in [4.69, 9.17) is 21.1 Å². The van der Waals surface area contributed by atoms with E-state index in [-0.39, 0.29) is 23.3 Å². The lowest BCUT2D eigenvalue weighted by Crippen LogP contribution is -2.52. The average Bonchev–Trinajstić information content (AvgIpc) is 2.37. The van der Waals surface area contributed by atoms with Crippen LogP contribution in [0.25, 0.3) is 0 Å². The van der Waals surface area contributed by atoms with Gasteiger partial charge in [-0.25, -0.2) is 0 Å². The monoisotopic (exact) mass is 285 g/mol. The number of benzene rings is 1. The molecule has 0 saturated heterocycles. The second-order valence-corrected chi connectivity index (χ2v) is 5.09. The van der Waals surface area contributed by atoms with Crippen molar-refractivity contribution in [1.82, 2.24) is 0 Å². The number of alkyl halides is 1. The molecule has 1 fully saturated rings. The molecule has 3 atom stereocenters. The van der Waals surface area contributed by atoms with Gasteiger partial charge < -0.3 is 9.47 Å². The average molecular weight is 286 g/mol. The molecule has 1 aromatic rings. The fourth-order valence-electron chi connectivity index (χ4n) is 2.08. The highest BCUT2D eigenvalue weighted by atomic mass is 35.5. The summed E-state index contributed by atoms with van der Waals surface area (Å²) in [5.74, 6) is 0.482. The van der Waals surface area contributed by atoms with Crippen LogP contribution >= 0.6 is 11.6 Å². The number of nitrogens with zero attached hydrogens (tertiary/aromatic N) is 1. The van der Waals surface area contributed by atoms with E-state index in [1.807, 2.05) is 6.92 Å². The molecule has 2 rings (SSSR count). The van der Waals surface area contributed by atoms with Crippen molar-refractivity contribution < 1.29 is 14.4 Å². The first-order chi connectivity index (χ1) is 9.02. The number of nitro groups is 1. The molecule has 1 aliphatic rings. The highest BCUT2D eigenvalue weighted by Crippen LogP contribution is 2.34. The quantitative estimate of drug-likeness (QED) is 0.474. The SMILES string of the molecule is CCOC1C(Cl)CC1Oc1ccc(C)c([N+](=O)[O-])c1. The first-order valence-electron chi connectivity index (χ1n) is 6.20. The lowest BCUT2D eigenvalue weighted by molar-refractivity contribution is -0.385. The van der Waals surface area contributed by atoms with Gasteiger partial charge in [0, 0.05) is 18.6 Å². The highest BCUT2D eigenvalue weighted by molar-refractivity contribution is 6.21. The summed E-state index contributed by atoms with van der Waals surface area (Å²) in [6.45, 7) is 4.17. The Labute approximate surface area is 116 Å². The maximum atomic E-state index is 10.9. The standard InChI is InChI=1S/C13H16ClNO4/c1-3-18-13-10(14)7-12(13)19-9-5-4-8(2)11(6-9)15(16)17/h4-6,10,12-13H,3,7H2,1-2H3. The summed E-state index contributed by atoms with van der Waals surface area (Å²) in [6, 6.07) is 4.85. The van der Waals surface area contributed by atoms with Gasteiger partial charge in [0.2, 0.25) is 0 Å². The molecule has 19 heavy (non-hydrogen) atoms. The molecular weight excluding hydrogens is 270 g/mol. The van der Waals surface area contributed by atoms with E-state index in [1.54, 1.807) is 19.1 Å². The Morgan fingerprint density at radius 1 is 1.53 bits per heavy atom. The third-order valence-corrected chi connectivity index (χ3v) is 3.63. The number of ether oxygens (including phenoxy) is 2. The van der Waals surface area contributed by atoms with Crippen LogP contribution in [0.1, 0.15) is 18.9 Å². The number of rotatable bonds is 5. The Kier molecular flexibility index (Phi) is 4.27. The molecule has 0 heterocycles. The molecule has 0 spiro atoms. The van der Waals surface area contributed by atoms with Crippen molar-refractivity contribution in [2.75, 3.05) is 6.61 Å². The molecule has 1 aromatic carbocycles. The van der Waals surface area contributed by atoms with E-state index in [0.29, 0.717) is 24.3 Å². The number of hydrogen-bond donors (Lipinski definition) is 0. The third-order valence-electron chi connectivity index (χ3n) is 3.20. The fraction of sp³-hybridized carbons (Fsp3) is 0.538. The third kappa shape index (κ3) is 2.98. The Bertz CT molecular complexity index is 480. The van der Waals surface area contributed by atoms with Crippen molar-refractivity contribution in [1.29, 1.82) is 0 Å². The molecule has 0 bridgehead atoms. The lowest BCUT2D eigenvalue weighted by Gasteiger charge is -2.40. The molecule has 3 unspecified atom stereocenters. The van der Waals surface area contributed by atoms with Crippen molar-refractivity contribution in [2.24, 2.45) is 0 Å². The Morgan fingerprint density at radius 3 is 2.84 bits per heavy atom. The first kappa shape index (κ1) is 14.1. The summed E-state index contributed by atoms with van der Waals surface area (Å²) < 4.78 is 11.2. The maximum Gasteiger partial charge on any atom is 0.276 e. The van der Waals surface area contributed by atoms with Crippen LogP contribution in [0.3, 0.4) is 0 Å². The number of aryl methyl sites for hydroxylation is 1. The van der Waals surface area contributed by atoms with Crippen LogP contribution in [0.15, 0.2) is 18.2 Å². The van der Waals surface area contributed by atoms with E-state index in [2.05, 4.69) is 0 Å². The van der Waals surface area contributed by atoms with Crippen molar-refractivity contribution in [3.63, 3.8) is 0 Å². The molecule has 0 aliphatic heterocycles. The molecule has 0 radical (unpaired) electrons. The molecule has 0 amide bonds. The van der Waals surface area contributed by atoms with Crippen molar-refractivity contribution in [2.45, 2.75) is 37.9 Å². The van der Waals surface area contributed by atoms with Crippen LogP contribution in [0, 0.1) is 17.0 Å². The molecule has 5 nitrogen and oxygen atoms in total. The smallest absolute Gasteiger partial charge is 0.276 e. The molecule has 104 valence electrons. The summed E-state index contributed by atoms with van der Waals surface area (Å²) in [7, 11) is 0. The van der Waals surface area contributed by atoms with Gasteiger partial charge in [-0.3, -0.25) is 10.1 Å². The van der Waals surface area contributed by atoms with E-state index < -0.39 is 4.92 Å². The van der Waals surface area contributed by atoms with Gasteiger partial charge in [-0.2, -0.15) is 0 Å². The Balaban J connectivity index is 2.07. The zero-order valence-electron chi connectivity index (χ0n) is 10.8. The predicted molar refractivity (Wildman–Crippen MR) is 71.9 cm³/mol. The van der Waals surface area contributed by atoms with E-state index in [0.717, 1.165) is 0 Å². The number of halogens is 1. The summed E-state index contributed by atoms with van der Waals surface area (Å²) in [5, 5.41) is 10.8. The van der Waals surface area contributed by atoms with Crippen LogP contribution in [-0.2, 0) is 4.74 Å². The largest absolute Gasteiger partial charge is 0.487 e. The van der Waals surface area contributed by atoms with Gasteiger partial charge in [-0.05, 0) is 26.0 Å². The summed E-state index contributed by atoms with van der Waals surface area (Å²) in [5.41, 5.74) is 0.676. The van der Waals surface area contributed by atoms with E-state index >= 15 is 0 Å². The van der Waals surface area contributed by atoms with Gasteiger partial charge in [0.05, 0.1) is 16.4 Å². The van der Waals surface area contributed by atoms with Gasteiger partial charge in [0.15, 0.2) is 0 Å². The van der Waals surface area contributed by atoms with Crippen LogP contribution < -0.4 is 4.74 Å². The summed E-state index contributed by atoms with van der Waals surface area (Å²) >= 11 is 6.05. The minimum absolute atomic E-state index is 0.0506. The van der Waals surface area contributed by atoms with Crippen LogP contribution in [0.5, 0.6) is 5.75 Å². The van der Waals surface area contributed by atoms with Gasteiger partial charge in [0.25, 0.3) is 5.69 Å². The van der Waals surface area contributed by atoms with Crippen molar-refractivity contribution in [3.05, 3.63) is 33.9 Å². The molecule has 0 N–H and O–H groups in total. The molecular formula is C13H16ClNO4.